The predicted octanol–water partition coefficient (Wildman–Crippen LogP) is 5.53. The van der Waals surface area contributed by atoms with E-state index in [0.29, 0.717) is 12.1 Å². The number of ether oxygens (including phenoxy) is 2. The van der Waals surface area contributed by atoms with Crippen LogP contribution in [0.4, 0.5) is 4.79 Å². The highest BCUT2D eigenvalue weighted by atomic mass is 16.6. The zero-order valence-electron chi connectivity index (χ0n) is 16.9. The molecule has 0 radical (unpaired) electrons. The summed E-state index contributed by atoms with van der Waals surface area (Å²) >= 11 is 0. The third-order valence-electron chi connectivity index (χ3n) is 4.20. The summed E-state index contributed by atoms with van der Waals surface area (Å²) in [4.78, 5) is 22.5. The van der Waals surface area contributed by atoms with E-state index >= 15 is 0 Å². The van der Waals surface area contributed by atoms with Gasteiger partial charge in [-0.3, -0.25) is 0 Å². The van der Waals surface area contributed by atoms with Crippen molar-refractivity contribution in [2.75, 3.05) is 19.8 Å². The first-order valence-electron chi connectivity index (χ1n) is 10.3. The van der Waals surface area contributed by atoms with E-state index < -0.39 is 12.1 Å². The Morgan fingerprint density at radius 1 is 0.769 bits per heavy atom. The molecule has 0 unspecified atom stereocenters. The lowest BCUT2D eigenvalue weighted by Gasteiger charge is -2.08. The highest BCUT2D eigenvalue weighted by Crippen LogP contribution is 2.11. The average Bonchev–Trinajstić information content (AvgIpc) is 2.62. The van der Waals surface area contributed by atoms with Crippen molar-refractivity contribution in [2.24, 2.45) is 0 Å². The first kappa shape index (κ1) is 24.5. The standard InChI is InChI=1S/C21H39NO4/c1-4-5-6-7-8-9-10-11-12-13-14-15-16-22-21(24)26-18-17-25-20(23)19(2)3/h2,4-18H2,1,3H3,(H,22,24). The molecule has 0 atom stereocenters. The van der Waals surface area contributed by atoms with Gasteiger partial charge in [-0.1, -0.05) is 84.1 Å². The summed E-state index contributed by atoms with van der Waals surface area (Å²) in [6, 6.07) is 0. The van der Waals surface area contributed by atoms with E-state index in [1.807, 2.05) is 0 Å². The van der Waals surface area contributed by atoms with Crippen molar-refractivity contribution in [1.29, 1.82) is 0 Å². The molecule has 5 nitrogen and oxygen atoms in total. The van der Waals surface area contributed by atoms with Gasteiger partial charge >= 0.3 is 12.1 Å². The van der Waals surface area contributed by atoms with Gasteiger partial charge in [0, 0.05) is 12.1 Å². The van der Waals surface area contributed by atoms with Crippen molar-refractivity contribution in [3.05, 3.63) is 12.2 Å². The summed E-state index contributed by atoms with van der Waals surface area (Å²) in [5.41, 5.74) is 0.335. The van der Waals surface area contributed by atoms with Crippen molar-refractivity contribution < 1.29 is 19.1 Å². The Balaban J connectivity index is 3.23. The zero-order valence-corrected chi connectivity index (χ0v) is 16.9. The predicted molar refractivity (Wildman–Crippen MR) is 106 cm³/mol. The number of hydrogen-bond donors (Lipinski definition) is 1. The van der Waals surface area contributed by atoms with Crippen LogP contribution in [0.25, 0.3) is 0 Å². The topological polar surface area (TPSA) is 64.6 Å². The molecule has 152 valence electrons. The van der Waals surface area contributed by atoms with Gasteiger partial charge in [0.2, 0.25) is 0 Å². The van der Waals surface area contributed by atoms with Gasteiger partial charge < -0.3 is 14.8 Å². The molecular weight excluding hydrogens is 330 g/mol. The second-order valence-corrected chi connectivity index (χ2v) is 6.87. The van der Waals surface area contributed by atoms with Crippen LogP contribution in [0.3, 0.4) is 0 Å². The smallest absolute Gasteiger partial charge is 0.407 e. The highest BCUT2D eigenvalue weighted by Gasteiger charge is 2.04. The van der Waals surface area contributed by atoms with E-state index in [-0.39, 0.29) is 13.2 Å². The Labute approximate surface area is 159 Å². The molecule has 0 aromatic heterocycles. The van der Waals surface area contributed by atoms with Gasteiger partial charge in [0.1, 0.15) is 13.2 Å². The molecule has 0 heterocycles. The molecule has 1 amide bonds. The molecular formula is C21H39NO4. The Hall–Kier alpha value is -1.52. The van der Waals surface area contributed by atoms with Gasteiger partial charge in [0.15, 0.2) is 0 Å². The van der Waals surface area contributed by atoms with Crippen LogP contribution in [0.15, 0.2) is 12.2 Å². The van der Waals surface area contributed by atoms with Crippen LogP contribution in [0.1, 0.15) is 90.9 Å². The Morgan fingerprint density at radius 3 is 1.73 bits per heavy atom. The van der Waals surface area contributed by atoms with Crippen molar-refractivity contribution in [3.63, 3.8) is 0 Å². The van der Waals surface area contributed by atoms with Gasteiger partial charge in [-0.25, -0.2) is 9.59 Å². The van der Waals surface area contributed by atoms with Crippen LogP contribution in [0.5, 0.6) is 0 Å². The van der Waals surface area contributed by atoms with E-state index in [4.69, 9.17) is 9.47 Å². The van der Waals surface area contributed by atoms with Crippen molar-refractivity contribution in [3.8, 4) is 0 Å². The highest BCUT2D eigenvalue weighted by molar-refractivity contribution is 5.86. The lowest BCUT2D eigenvalue weighted by atomic mass is 10.1. The van der Waals surface area contributed by atoms with Crippen molar-refractivity contribution in [1.82, 2.24) is 5.32 Å². The number of alkyl carbamates (subject to hydrolysis) is 1. The number of hydrogen-bond acceptors (Lipinski definition) is 4. The maximum Gasteiger partial charge on any atom is 0.407 e. The van der Waals surface area contributed by atoms with Crippen LogP contribution in [0.2, 0.25) is 0 Å². The van der Waals surface area contributed by atoms with E-state index in [1.54, 1.807) is 6.92 Å². The number of esters is 1. The SMILES string of the molecule is C=C(C)C(=O)OCCOC(=O)NCCCCCCCCCCCCCC. The van der Waals surface area contributed by atoms with Gasteiger partial charge in [0.25, 0.3) is 0 Å². The van der Waals surface area contributed by atoms with Gasteiger partial charge in [-0.2, -0.15) is 0 Å². The van der Waals surface area contributed by atoms with Crippen LogP contribution >= 0.6 is 0 Å². The maximum atomic E-state index is 11.4. The minimum Gasteiger partial charge on any atom is -0.459 e. The second kappa shape index (κ2) is 18.3. The summed E-state index contributed by atoms with van der Waals surface area (Å²) in [6.45, 7) is 8.04. The largest absolute Gasteiger partial charge is 0.459 e. The summed E-state index contributed by atoms with van der Waals surface area (Å²) in [6.07, 6.45) is 15.1. The number of rotatable bonds is 17. The molecule has 0 aliphatic heterocycles. The summed E-state index contributed by atoms with van der Waals surface area (Å²) in [7, 11) is 0. The van der Waals surface area contributed by atoms with Gasteiger partial charge in [0.05, 0.1) is 0 Å². The molecule has 0 bridgehead atoms. The van der Waals surface area contributed by atoms with E-state index in [1.165, 1.54) is 64.2 Å². The Kier molecular flexibility index (Phi) is 17.2. The van der Waals surface area contributed by atoms with Crippen LogP contribution in [-0.4, -0.2) is 31.8 Å². The first-order chi connectivity index (χ1) is 12.6. The quantitative estimate of drug-likeness (QED) is 0.208. The summed E-state index contributed by atoms with van der Waals surface area (Å²) in [5.74, 6) is -0.467. The van der Waals surface area contributed by atoms with E-state index in [2.05, 4.69) is 18.8 Å². The van der Waals surface area contributed by atoms with Gasteiger partial charge in [-0.15, -0.1) is 0 Å². The molecule has 0 spiro atoms. The molecule has 0 aliphatic rings. The fourth-order valence-electron chi connectivity index (χ4n) is 2.60. The molecule has 5 heteroatoms. The van der Waals surface area contributed by atoms with Gasteiger partial charge in [-0.05, 0) is 13.3 Å². The molecule has 0 rings (SSSR count). The molecule has 1 N–H and O–H groups in total. The van der Waals surface area contributed by atoms with Crippen molar-refractivity contribution >= 4 is 12.1 Å². The first-order valence-corrected chi connectivity index (χ1v) is 10.3. The molecule has 0 fully saturated rings. The second-order valence-electron chi connectivity index (χ2n) is 6.87. The van der Waals surface area contributed by atoms with E-state index in [9.17, 15) is 9.59 Å². The Morgan fingerprint density at radius 2 is 1.23 bits per heavy atom. The molecule has 0 saturated carbocycles. The lowest BCUT2D eigenvalue weighted by Crippen LogP contribution is -2.26. The monoisotopic (exact) mass is 369 g/mol. The fraction of sp³-hybridized carbons (Fsp3) is 0.810. The zero-order chi connectivity index (χ0) is 19.5. The molecule has 0 saturated heterocycles. The number of carbonyl (C=O) groups excluding carboxylic acids is 2. The fourth-order valence-corrected chi connectivity index (χ4v) is 2.60. The number of carbonyl (C=O) groups is 2. The molecule has 0 aromatic rings. The molecule has 26 heavy (non-hydrogen) atoms. The normalized spacial score (nSPS) is 10.4. The Bertz CT molecular complexity index is 382. The summed E-state index contributed by atoms with van der Waals surface area (Å²) < 4.78 is 9.75. The maximum absolute atomic E-state index is 11.4. The lowest BCUT2D eigenvalue weighted by molar-refractivity contribution is -0.139. The minimum absolute atomic E-state index is 0.0533. The number of amides is 1. The van der Waals surface area contributed by atoms with E-state index in [0.717, 1.165) is 12.8 Å². The third-order valence-corrected chi connectivity index (χ3v) is 4.20. The van der Waals surface area contributed by atoms with Crippen molar-refractivity contribution in [2.45, 2.75) is 90.9 Å². The summed E-state index contributed by atoms with van der Waals surface area (Å²) in [5, 5.41) is 2.71. The average molecular weight is 370 g/mol. The number of unbranched alkanes of at least 4 members (excludes halogenated alkanes) is 11. The van der Waals surface area contributed by atoms with Crippen LogP contribution in [0, 0.1) is 0 Å². The third kappa shape index (κ3) is 17.3. The minimum atomic E-state index is -0.467. The molecule has 0 aromatic carbocycles. The van der Waals surface area contributed by atoms with Crippen LogP contribution in [-0.2, 0) is 14.3 Å². The number of nitrogens with one attached hydrogen (secondary N) is 1. The molecule has 0 aliphatic carbocycles. The van der Waals surface area contributed by atoms with Crippen LogP contribution < -0.4 is 5.32 Å².